The lowest BCUT2D eigenvalue weighted by atomic mass is 10.1. The number of benzene rings is 1. The quantitative estimate of drug-likeness (QED) is 0.590. The molecule has 142 valence electrons. The standard InChI is InChI=1S/C22H26N2O3/c1-4-17-7-5-6-8-20(17)23-21(25)14-27-22(26)12-9-18-13-15(2)24(16(18)3)19-10-11-19/h5-9,12-13,19H,4,10-11,14H2,1-3H3,(H,23,25)/b12-9+. The van der Waals surface area contributed by atoms with Gasteiger partial charge >= 0.3 is 5.97 Å². The summed E-state index contributed by atoms with van der Waals surface area (Å²) in [5.74, 6) is -0.866. The van der Waals surface area contributed by atoms with E-state index in [1.54, 1.807) is 6.08 Å². The molecule has 1 N–H and O–H groups in total. The van der Waals surface area contributed by atoms with Gasteiger partial charge in [-0.1, -0.05) is 25.1 Å². The van der Waals surface area contributed by atoms with Gasteiger partial charge in [0.15, 0.2) is 6.61 Å². The predicted octanol–water partition coefficient (Wildman–Crippen LogP) is 4.20. The molecule has 0 saturated heterocycles. The number of nitrogens with one attached hydrogen (secondary N) is 1. The normalized spacial score (nSPS) is 13.7. The van der Waals surface area contributed by atoms with E-state index in [4.69, 9.17) is 4.74 Å². The summed E-state index contributed by atoms with van der Waals surface area (Å²) in [7, 11) is 0. The summed E-state index contributed by atoms with van der Waals surface area (Å²) < 4.78 is 7.39. The molecule has 2 aromatic rings. The van der Waals surface area contributed by atoms with Gasteiger partial charge in [-0.05, 0) is 62.4 Å². The maximum absolute atomic E-state index is 12.0. The van der Waals surface area contributed by atoms with Gasteiger partial charge in [-0.25, -0.2) is 4.79 Å². The van der Waals surface area contributed by atoms with Gasteiger partial charge in [0, 0.05) is 29.2 Å². The molecular weight excluding hydrogens is 340 g/mol. The van der Waals surface area contributed by atoms with E-state index in [0.717, 1.165) is 28.9 Å². The first kappa shape index (κ1) is 19.0. The number of para-hydroxylation sites is 1. The molecule has 27 heavy (non-hydrogen) atoms. The number of ether oxygens (including phenoxy) is 1. The van der Waals surface area contributed by atoms with E-state index in [-0.39, 0.29) is 12.5 Å². The van der Waals surface area contributed by atoms with Gasteiger partial charge in [-0.2, -0.15) is 0 Å². The first-order chi connectivity index (χ1) is 13.0. The van der Waals surface area contributed by atoms with Gasteiger partial charge in [0.2, 0.25) is 0 Å². The molecule has 1 aliphatic rings. The number of esters is 1. The fraction of sp³-hybridized carbons (Fsp3) is 0.364. The predicted molar refractivity (Wildman–Crippen MR) is 107 cm³/mol. The highest BCUT2D eigenvalue weighted by Gasteiger charge is 2.26. The summed E-state index contributed by atoms with van der Waals surface area (Å²) in [5, 5.41) is 2.79. The Hall–Kier alpha value is -2.82. The van der Waals surface area contributed by atoms with Crippen LogP contribution >= 0.6 is 0 Å². The molecule has 3 rings (SSSR count). The molecule has 0 unspecified atom stereocenters. The molecule has 0 atom stereocenters. The Morgan fingerprint density at radius 3 is 2.70 bits per heavy atom. The Bertz CT molecular complexity index is 876. The smallest absolute Gasteiger partial charge is 0.331 e. The number of carbonyl (C=O) groups is 2. The maximum atomic E-state index is 12.0. The molecule has 5 heteroatoms. The third-order valence-corrected chi connectivity index (χ3v) is 4.85. The number of hydrogen-bond acceptors (Lipinski definition) is 3. The minimum absolute atomic E-state index is 0.303. The number of carbonyl (C=O) groups excluding carboxylic acids is 2. The lowest BCUT2D eigenvalue weighted by Gasteiger charge is -2.09. The summed E-state index contributed by atoms with van der Waals surface area (Å²) >= 11 is 0. The van der Waals surface area contributed by atoms with Crippen LogP contribution in [0, 0.1) is 13.8 Å². The van der Waals surface area contributed by atoms with Gasteiger partial charge in [0.1, 0.15) is 0 Å². The van der Waals surface area contributed by atoms with Crippen molar-refractivity contribution in [3.63, 3.8) is 0 Å². The first-order valence-electron chi connectivity index (χ1n) is 9.40. The number of anilines is 1. The largest absolute Gasteiger partial charge is 0.452 e. The van der Waals surface area contributed by atoms with Crippen molar-refractivity contribution in [3.8, 4) is 0 Å². The van der Waals surface area contributed by atoms with Crippen molar-refractivity contribution in [3.05, 3.63) is 58.9 Å². The average molecular weight is 366 g/mol. The van der Waals surface area contributed by atoms with Crippen molar-refractivity contribution in [2.45, 2.75) is 46.1 Å². The van der Waals surface area contributed by atoms with E-state index in [0.29, 0.717) is 6.04 Å². The fourth-order valence-corrected chi connectivity index (χ4v) is 3.35. The van der Waals surface area contributed by atoms with Crippen molar-refractivity contribution in [2.24, 2.45) is 0 Å². The molecule has 1 aromatic carbocycles. The number of nitrogens with zero attached hydrogens (tertiary/aromatic N) is 1. The van der Waals surface area contributed by atoms with Crippen LogP contribution in [0.15, 0.2) is 36.4 Å². The highest BCUT2D eigenvalue weighted by atomic mass is 16.5. The van der Waals surface area contributed by atoms with Crippen LogP contribution in [-0.4, -0.2) is 23.1 Å². The monoisotopic (exact) mass is 366 g/mol. The number of aryl methyl sites for hydroxylation is 2. The Kier molecular flexibility index (Phi) is 5.79. The van der Waals surface area contributed by atoms with Gasteiger partial charge in [0.25, 0.3) is 5.91 Å². The molecular formula is C22H26N2O3. The Morgan fingerprint density at radius 2 is 2.00 bits per heavy atom. The molecule has 1 fully saturated rings. The van der Waals surface area contributed by atoms with Crippen molar-refractivity contribution < 1.29 is 14.3 Å². The molecule has 1 saturated carbocycles. The maximum Gasteiger partial charge on any atom is 0.331 e. The summed E-state index contributed by atoms with van der Waals surface area (Å²) in [4.78, 5) is 24.0. The van der Waals surface area contributed by atoms with Crippen LogP contribution in [0.25, 0.3) is 6.08 Å². The molecule has 0 bridgehead atoms. The second kappa shape index (κ2) is 8.25. The van der Waals surface area contributed by atoms with Crippen molar-refractivity contribution >= 4 is 23.6 Å². The molecule has 1 aliphatic carbocycles. The van der Waals surface area contributed by atoms with Crippen LogP contribution in [0.1, 0.15) is 48.3 Å². The van der Waals surface area contributed by atoms with Crippen LogP contribution in [0.5, 0.6) is 0 Å². The van der Waals surface area contributed by atoms with Crippen molar-refractivity contribution in [2.75, 3.05) is 11.9 Å². The number of hydrogen-bond donors (Lipinski definition) is 1. The number of amides is 1. The highest BCUT2D eigenvalue weighted by Crippen LogP contribution is 2.38. The third-order valence-electron chi connectivity index (χ3n) is 4.85. The highest BCUT2D eigenvalue weighted by molar-refractivity contribution is 5.95. The second-order valence-corrected chi connectivity index (χ2v) is 6.93. The van der Waals surface area contributed by atoms with Crippen molar-refractivity contribution in [1.82, 2.24) is 4.57 Å². The lowest BCUT2D eigenvalue weighted by Crippen LogP contribution is -2.20. The third kappa shape index (κ3) is 4.67. The van der Waals surface area contributed by atoms with Crippen LogP contribution < -0.4 is 5.32 Å². The Morgan fingerprint density at radius 1 is 1.26 bits per heavy atom. The summed E-state index contributed by atoms with van der Waals surface area (Å²) in [6.07, 6.45) is 6.40. The van der Waals surface area contributed by atoms with E-state index in [1.165, 1.54) is 24.6 Å². The minimum Gasteiger partial charge on any atom is -0.452 e. The SMILES string of the molecule is CCc1ccccc1NC(=O)COC(=O)/C=C/c1cc(C)n(C2CC2)c1C. The first-order valence-corrected chi connectivity index (χ1v) is 9.40. The zero-order valence-corrected chi connectivity index (χ0v) is 16.1. The van der Waals surface area contributed by atoms with Gasteiger partial charge in [-0.3, -0.25) is 4.79 Å². The molecule has 1 amide bonds. The molecule has 1 aromatic heterocycles. The topological polar surface area (TPSA) is 60.3 Å². The van der Waals surface area contributed by atoms with Crippen LogP contribution in [0.2, 0.25) is 0 Å². The molecule has 0 aliphatic heterocycles. The van der Waals surface area contributed by atoms with E-state index < -0.39 is 5.97 Å². The van der Waals surface area contributed by atoms with Crippen LogP contribution in [0.4, 0.5) is 5.69 Å². The Labute approximate surface area is 160 Å². The minimum atomic E-state index is -0.523. The summed E-state index contributed by atoms with van der Waals surface area (Å²) in [6.45, 7) is 5.87. The van der Waals surface area contributed by atoms with E-state index in [2.05, 4.69) is 29.8 Å². The zero-order valence-electron chi connectivity index (χ0n) is 16.1. The van der Waals surface area contributed by atoms with E-state index >= 15 is 0 Å². The number of aromatic nitrogens is 1. The summed E-state index contributed by atoms with van der Waals surface area (Å²) in [6, 6.07) is 10.3. The molecule has 0 radical (unpaired) electrons. The van der Waals surface area contributed by atoms with Gasteiger partial charge < -0.3 is 14.6 Å². The van der Waals surface area contributed by atoms with Crippen LogP contribution in [-0.2, 0) is 20.7 Å². The Balaban J connectivity index is 1.53. The van der Waals surface area contributed by atoms with E-state index in [9.17, 15) is 9.59 Å². The molecule has 0 spiro atoms. The summed E-state index contributed by atoms with van der Waals surface area (Å²) in [5.41, 5.74) is 5.18. The fourth-order valence-electron chi connectivity index (χ4n) is 3.35. The van der Waals surface area contributed by atoms with Crippen molar-refractivity contribution in [1.29, 1.82) is 0 Å². The van der Waals surface area contributed by atoms with Gasteiger partial charge in [-0.15, -0.1) is 0 Å². The number of rotatable bonds is 7. The lowest BCUT2D eigenvalue weighted by molar-refractivity contribution is -0.142. The molecule has 1 heterocycles. The van der Waals surface area contributed by atoms with Crippen LogP contribution in [0.3, 0.4) is 0 Å². The zero-order chi connectivity index (χ0) is 19.4. The van der Waals surface area contributed by atoms with Gasteiger partial charge in [0.05, 0.1) is 0 Å². The average Bonchev–Trinajstić information content (AvgIpc) is 3.44. The second-order valence-electron chi connectivity index (χ2n) is 6.93. The molecule has 5 nitrogen and oxygen atoms in total. The van der Waals surface area contributed by atoms with E-state index in [1.807, 2.05) is 31.2 Å².